The molecular formula is C32H41N5O3S3. The first kappa shape index (κ1) is 33.0. The number of allylic oxidation sites excluding steroid dienone is 1. The Bertz CT molecular complexity index is 1400. The molecule has 0 radical (unpaired) electrons. The van der Waals surface area contributed by atoms with Gasteiger partial charge in [0.1, 0.15) is 6.04 Å². The topological polar surface area (TPSA) is 117 Å². The Kier molecular flexibility index (Phi) is 11.0. The maximum Gasteiger partial charge on any atom is 0.315 e. The Labute approximate surface area is 267 Å². The fourth-order valence-corrected chi connectivity index (χ4v) is 7.87. The highest BCUT2D eigenvalue weighted by Crippen LogP contribution is 2.47. The first-order valence-corrected chi connectivity index (χ1v) is 17.7. The predicted molar refractivity (Wildman–Crippen MR) is 182 cm³/mol. The number of carbonyl (C=O) groups excluding carboxylic acids is 3. The molecule has 4 amide bonds. The first-order valence-electron chi connectivity index (χ1n) is 14.3. The van der Waals surface area contributed by atoms with Gasteiger partial charge in [-0.3, -0.25) is 9.59 Å². The summed E-state index contributed by atoms with van der Waals surface area (Å²) in [4.78, 5) is 41.6. The van der Waals surface area contributed by atoms with Crippen LogP contribution in [0.1, 0.15) is 38.3 Å². The number of hydrogen-bond acceptors (Lipinski definition) is 7. The van der Waals surface area contributed by atoms with E-state index in [4.69, 9.17) is 5.73 Å². The molecule has 8 nitrogen and oxygen atoms in total. The fraction of sp³-hybridized carbons (Fsp3) is 0.406. The number of nitrogens with zero attached hydrogens (tertiary/aromatic N) is 1. The highest BCUT2D eigenvalue weighted by Gasteiger charge is 2.39. The Morgan fingerprint density at radius 3 is 2.44 bits per heavy atom. The number of benzene rings is 2. The zero-order valence-corrected chi connectivity index (χ0v) is 27.8. The number of amides is 4. The summed E-state index contributed by atoms with van der Waals surface area (Å²) in [6, 6.07) is 15.3. The van der Waals surface area contributed by atoms with Gasteiger partial charge in [0, 0.05) is 23.7 Å². The maximum absolute atomic E-state index is 14.0. The molecule has 2 aliphatic rings. The number of urea groups is 1. The lowest BCUT2D eigenvalue weighted by Crippen LogP contribution is -2.56. The van der Waals surface area contributed by atoms with Gasteiger partial charge in [-0.2, -0.15) is 0 Å². The minimum atomic E-state index is -1.10. The van der Waals surface area contributed by atoms with Gasteiger partial charge in [0.25, 0.3) is 5.91 Å². The smallest absolute Gasteiger partial charge is 0.315 e. The SMILES string of the molecule is CCNC(=O)NCc1ccccc1-c1ccc(CN2C(=O)[C@H](NC(=O)C(C)(C)N)CSC3=CC(SC)(SC)CC=C32)cc1. The van der Waals surface area contributed by atoms with Gasteiger partial charge in [0.15, 0.2) is 0 Å². The summed E-state index contributed by atoms with van der Waals surface area (Å²) in [5.41, 5.74) is 9.88. The van der Waals surface area contributed by atoms with Crippen LogP contribution in [0.15, 0.2) is 71.3 Å². The lowest BCUT2D eigenvalue weighted by atomic mass is 9.98. The molecule has 0 bridgehead atoms. The third-order valence-electron chi connectivity index (χ3n) is 7.43. The van der Waals surface area contributed by atoms with Crippen molar-refractivity contribution < 1.29 is 14.4 Å². The monoisotopic (exact) mass is 639 g/mol. The van der Waals surface area contributed by atoms with E-state index in [1.54, 1.807) is 49.1 Å². The zero-order valence-electron chi connectivity index (χ0n) is 25.4. The molecule has 0 spiro atoms. The normalized spacial score (nSPS) is 18.1. The molecule has 2 aromatic carbocycles. The summed E-state index contributed by atoms with van der Waals surface area (Å²) >= 11 is 5.20. The van der Waals surface area contributed by atoms with E-state index >= 15 is 0 Å². The Balaban J connectivity index is 1.61. The lowest BCUT2D eigenvalue weighted by molar-refractivity contribution is -0.135. The van der Waals surface area contributed by atoms with Crippen molar-refractivity contribution in [2.45, 2.75) is 55.9 Å². The predicted octanol–water partition coefficient (Wildman–Crippen LogP) is 5.06. The van der Waals surface area contributed by atoms with Crippen LogP contribution in [-0.4, -0.2) is 63.2 Å². The van der Waals surface area contributed by atoms with E-state index in [0.717, 1.165) is 39.3 Å². The number of carbonyl (C=O) groups is 3. The second-order valence-electron chi connectivity index (χ2n) is 11.1. The summed E-state index contributed by atoms with van der Waals surface area (Å²) in [5, 5.41) is 8.57. The quantitative estimate of drug-likeness (QED) is 0.269. The molecule has 4 rings (SSSR count). The third-order valence-corrected chi connectivity index (χ3v) is 11.5. The van der Waals surface area contributed by atoms with Gasteiger partial charge in [0.2, 0.25) is 5.91 Å². The maximum atomic E-state index is 14.0. The van der Waals surface area contributed by atoms with Crippen molar-refractivity contribution in [3.63, 3.8) is 0 Å². The van der Waals surface area contributed by atoms with Crippen LogP contribution in [0.5, 0.6) is 0 Å². The van der Waals surface area contributed by atoms with Crippen LogP contribution in [0, 0.1) is 0 Å². The van der Waals surface area contributed by atoms with Gasteiger partial charge >= 0.3 is 6.03 Å². The standard InChI is InChI=1S/C32H41N5O3S3/c1-6-34-30(40)35-18-23-9-7-8-10-24(23)22-13-11-21(12-14-22)19-37-26-15-16-32(41-4,42-5)17-27(26)43-20-25(28(37)38)36-29(39)31(2,3)33/h7-15,17,25H,6,16,18-20,33H2,1-5H3,(H,36,39)(H2,34,35,40)/t25-/m1/s1. The molecule has 1 atom stereocenters. The van der Waals surface area contributed by atoms with Crippen molar-refractivity contribution in [1.29, 1.82) is 0 Å². The molecule has 11 heteroatoms. The summed E-state index contributed by atoms with van der Waals surface area (Å²) in [6.07, 6.45) is 9.45. The van der Waals surface area contributed by atoms with Gasteiger partial charge in [0.05, 0.1) is 21.9 Å². The molecule has 230 valence electrons. The Hall–Kier alpha value is -2.86. The summed E-state index contributed by atoms with van der Waals surface area (Å²) in [5.74, 6) is -0.0722. The average Bonchev–Trinajstić information content (AvgIpc) is 3.12. The van der Waals surface area contributed by atoms with Crippen molar-refractivity contribution >= 4 is 53.1 Å². The van der Waals surface area contributed by atoms with E-state index in [2.05, 4.69) is 40.6 Å². The van der Waals surface area contributed by atoms with Gasteiger partial charge in [-0.05, 0) is 68.0 Å². The van der Waals surface area contributed by atoms with E-state index in [0.29, 0.717) is 25.4 Å². The molecule has 0 aromatic heterocycles. The first-order chi connectivity index (χ1) is 20.5. The van der Waals surface area contributed by atoms with Gasteiger partial charge in [-0.1, -0.05) is 54.6 Å². The van der Waals surface area contributed by atoms with E-state index in [9.17, 15) is 14.4 Å². The van der Waals surface area contributed by atoms with Crippen molar-refractivity contribution in [3.8, 4) is 11.1 Å². The largest absolute Gasteiger partial charge is 0.342 e. The van der Waals surface area contributed by atoms with E-state index in [1.165, 1.54) is 0 Å². The van der Waals surface area contributed by atoms with Gasteiger partial charge < -0.3 is 26.6 Å². The molecule has 2 aromatic rings. The molecule has 1 aliphatic carbocycles. The molecule has 1 aliphatic heterocycles. The van der Waals surface area contributed by atoms with E-state index in [1.807, 2.05) is 60.4 Å². The number of nitrogens with two attached hydrogens (primary N) is 1. The van der Waals surface area contributed by atoms with Crippen molar-refractivity contribution in [1.82, 2.24) is 20.9 Å². The molecule has 1 saturated heterocycles. The molecule has 0 saturated carbocycles. The van der Waals surface area contributed by atoms with Crippen LogP contribution >= 0.6 is 35.3 Å². The van der Waals surface area contributed by atoms with Crippen LogP contribution in [0.3, 0.4) is 0 Å². The van der Waals surface area contributed by atoms with Crippen LogP contribution in [0.4, 0.5) is 4.79 Å². The lowest BCUT2D eigenvalue weighted by Gasteiger charge is -2.34. The Morgan fingerprint density at radius 1 is 1.09 bits per heavy atom. The minimum Gasteiger partial charge on any atom is -0.342 e. The fourth-order valence-electron chi connectivity index (χ4n) is 4.89. The van der Waals surface area contributed by atoms with Gasteiger partial charge in [-0.15, -0.1) is 35.3 Å². The average molecular weight is 640 g/mol. The molecule has 1 heterocycles. The number of rotatable bonds is 10. The second kappa shape index (κ2) is 14.3. The second-order valence-corrected chi connectivity index (χ2v) is 14.7. The van der Waals surface area contributed by atoms with Gasteiger partial charge in [-0.25, -0.2) is 4.79 Å². The Morgan fingerprint density at radius 2 is 1.79 bits per heavy atom. The molecular weight excluding hydrogens is 599 g/mol. The van der Waals surface area contributed by atoms with E-state index in [-0.39, 0.29) is 21.9 Å². The summed E-state index contributed by atoms with van der Waals surface area (Å²) in [6.45, 7) is 6.50. The highest BCUT2D eigenvalue weighted by atomic mass is 32.2. The number of nitrogens with one attached hydrogen (secondary N) is 3. The molecule has 43 heavy (non-hydrogen) atoms. The van der Waals surface area contributed by atoms with Crippen LogP contribution in [-0.2, 0) is 22.7 Å². The summed E-state index contributed by atoms with van der Waals surface area (Å²) < 4.78 is -0.0933. The summed E-state index contributed by atoms with van der Waals surface area (Å²) in [7, 11) is 0. The molecule has 0 unspecified atom stereocenters. The van der Waals surface area contributed by atoms with Crippen molar-refractivity contribution in [3.05, 3.63) is 82.4 Å². The zero-order chi connectivity index (χ0) is 31.2. The molecule has 1 fully saturated rings. The van der Waals surface area contributed by atoms with Crippen LogP contribution in [0.25, 0.3) is 11.1 Å². The number of fused-ring (bicyclic) bond motifs is 1. The van der Waals surface area contributed by atoms with Crippen molar-refractivity contribution in [2.75, 3.05) is 24.8 Å². The molecule has 5 N–H and O–H groups in total. The number of thioether (sulfide) groups is 3. The van der Waals surface area contributed by atoms with Crippen LogP contribution < -0.4 is 21.7 Å². The van der Waals surface area contributed by atoms with Crippen molar-refractivity contribution in [2.24, 2.45) is 5.73 Å². The number of hydrogen-bond donors (Lipinski definition) is 4. The van der Waals surface area contributed by atoms with E-state index < -0.39 is 11.6 Å². The third kappa shape index (κ3) is 8.00. The minimum absolute atomic E-state index is 0.0933. The van der Waals surface area contributed by atoms with Crippen LogP contribution in [0.2, 0.25) is 0 Å². The highest BCUT2D eigenvalue weighted by molar-refractivity contribution is 8.18.